The molecule has 0 aliphatic carbocycles. The lowest BCUT2D eigenvalue weighted by Crippen LogP contribution is -2.17. The van der Waals surface area contributed by atoms with Crippen LogP contribution in [0.5, 0.6) is 0 Å². The summed E-state index contributed by atoms with van der Waals surface area (Å²) >= 11 is 2.56. The fourth-order valence-corrected chi connectivity index (χ4v) is 3.31. The van der Waals surface area contributed by atoms with Gasteiger partial charge in [-0.05, 0) is 31.0 Å². The molecule has 0 unspecified atom stereocenters. The number of hydrogen-bond donors (Lipinski definition) is 2. The fraction of sp³-hybridized carbons (Fsp3) is 0.375. The molecule has 0 saturated carbocycles. The molecule has 2 amide bonds. The monoisotopic (exact) mass is 364 g/mol. The molecule has 24 heavy (non-hydrogen) atoms. The summed E-state index contributed by atoms with van der Waals surface area (Å²) in [6.07, 6.45) is 0. The molecule has 0 saturated heterocycles. The van der Waals surface area contributed by atoms with Crippen LogP contribution in [0, 0.1) is 19.8 Å². The Labute approximate surface area is 149 Å². The van der Waals surface area contributed by atoms with E-state index in [2.05, 4.69) is 20.8 Å². The molecule has 2 rings (SSSR count). The van der Waals surface area contributed by atoms with Gasteiger partial charge in [-0.2, -0.15) is 0 Å². The molecule has 6 nitrogen and oxygen atoms in total. The van der Waals surface area contributed by atoms with E-state index < -0.39 is 0 Å². The maximum Gasteiger partial charge on any atom is 0.234 e. The molecule has 0 bridgehead atoms. The first-order valence-corrected chi connectivity index (χ1v) is 9.29. The van der Waals surface area contributed by atoms with E-state index in [4.69, 9.17) is 0 Å². The molecule has 1 aromatic carbocycles. The number of nitrogens with zero attached hydrogens (tertiary/aromatic N) is 2. The van der Waals surface area contributed by atoms with Crippen molar-refractivity contribution in [2.45, 2.75) is 32.0 Å². The van der Waals surface area contributed by atoms with Crippen molar-refractivity contribution in [1.29, 1.82) is 0 Å². The van der Waals surface area contributed by atoms with Crippen molar-refractivity contribution >= 4 is 45.7 Å². The highest BCUT2D eigenvalue weighted by molar-refractivity contribution is 8.01. The fourth-order valence-electron chi connectivity index (χ4n) is 1.75. The summed E-state index contributed by atoms with van der Waals surface area (Å²) in [5, 5.41) is 13.9. The summed E-state index contributed by atoms with van der Waals surface area (Å²) < 4.78 is 0.644. The minimum Gasteiger partial charge on any atom is -0.325 e. The maximum absolute atomic E-state index is 12.1. The number of aryl methyl sites for hydroxylation is 2. The Kier molecular flexibility index (Phi) is 6.33. The maximum atomic E-state index is 12.1. The van der Waals surface area contributed by atoms with Crippen LogP contribution in [0.15, 0.2) is 22.5 Å². The van der Waals surface area contributed by atoms with Crippen LogP contribution in [0.25, 0.3) is 0 Å². The van der Waals surface area contributed by atoms with Gasteiger partial charge in [-0.1, -0.05) is 49.1 Å². The normalized spacial score (nSPS) is 10.7. The van der Waals surface area contributed by atoms with E-state index in [0.29, 0.717) is 9.47 Å². The lowest BCUT2D eigenvalue weighted by Gasteiger charge is -2.08. The van der Waals surface area contributed by atoms with Crippen molar-refractivity contribution in [1.82, 2.24) is 10.2 Å². The standard InChI is InChI=1S/C16H20N4O2S2/c1-9(2)14(22)18-15-19-20-16(24-15)23-8-13(21)17-12-7-10(3)5-6-11(12)4/h5-7,9H,8H2,1-4H3,(H,17,21)(H,18,19,22). The highest BCUT2D eigenvalue weighted by Gasteiger charge is 2.13. The second-order valence-corrected chi connectivity index (χ2v) is 7.87. The third kappa shape index (κ3) is 5.31. The minimum absolute atomic E-state index is 0.100. The first kappa shape index (κ1) is 18.4. The average molecular weight is 364 g/mol. The number of aromatic nitrogens is 2. The van der Waals surface area contributed by atoms with Gasteiger partial charge in [0.05, 0.1) is 5.75 Å². The predicted octanol–water partition coefficient (Wildman–Crippen LogP) is 3.48. The van der Waals surface area contributed by atoms with Gasteiger partial charge in [0, 0.05) is 11.6 Å². The molecule has 0 atom stereocenters. The van der Waals surface area contributed by atoms with Crippen molar-refractivity contribution < 1.29 is 9.59 Å². The number of nitrogens with one attached hydrogen (secondary N) is 2. The first-order valence-electron chi connectivity index (χ1n) is 7.49. The number of thioether (sulfide) groups is 1. The molecular weight excluding hydrogens is 344 g/mol. The van der Waals surface area contributed by atoms with Gasteiger partial charge in [-0.15, -0.1) is 10.2 Å². The third-order valence-corrected chi connectivity index (χ3v) is 5.13. The number of anilines is 2. The molecule has 8 heteroatoms. The molecule has 128 valence electrons. The predicted molar refractivity (Wildman–Crippen MR) is 98.6 cm³/mol. The van der Waals surface area contributed by atoms with Gasteiger partial charge < -0.3 is 10.6 Å². The minimum atomic E-state index is -0.117. The average Bonchev–Trinajstić information content (AvgIpc) is 2.96. The van der Waals surface area contributed by atoms with Crippen molar-refractivity contribution in [3.63, 3.8) is 0 Å². The molecule has 0 aliphatic heterocycles. The van der Waals surface area contributed by atoms with Crippen LogP contribution in [0.2, 0.25) is 0 Å². The summed E-state index contributed by atoms with van der Waals surface area (Å²) in [6, 6.07) is 5.93. The number of carbonyl (C=O) groups is 2. The summed E-state index contributed by atoms with van der Waals surface area (Å²) in [4.78, 5) is 23.7. The highest BCUT2D eigenvalue weighted by atomic mass is 32.2. The van der Waals surface area contributed by atoms with Crippen molar-refractivity contribution in [3.8, 4) is 0 Å². The smallest absolute Gasteiger partial charge is 0.234 e. The molecule has 0 spiro atoms. The Morgan fingerprint density at radius 3 is 2.67 bits per heavy atom. The first-order chi connectivity index (χ1) is 11.3. The Hall–Kier alpha value is -1.93. The van der Waals surface area contributed by atoms with Crippen LogP contribution in [0.4, 0.5) is 10.8 Å². The van der Waals surface area contributed by atoms with Crippen molar-refractivity contribution in [2.75, 3.05) is 16.4 Å². The highest BCUT2D eigenvalue weighted by Crippen LogP contribution is 2.26. The van der Waals surface area contributed by atoms with E-state index in [1.165, 1.54) is 23.1 Å². The second-order valence-electron chi connectivity index (χ2n) is 5.67. The summed E-state index contributed by atoms with van der Waals surface area (Å²) in [5.74, 6) is -0.0828. The number of carbonyl (C=O) groups excluding carboxylic acids is 2. The largest absolute Gasteiger partial charge is 0.325 e. The van der Waals surface area contributed by atoms with E-state index in [-0.39, 0.29) is 23.5 Å². The van der Waals surface area contributed by atoms with Crippen molar-refractivity contribution in [2.24, 2.45) is 5.92 Å². The molecular formula is C16H20N4O2S2. The van der Waals surface area contributed by atoms with Crippen LogP contribution in [0.3, 0.4) is 0 Å². The zero-order chi connectivity index (χ0) is 17.7. The summed E-state index contributed by atoms with van der Waals surface area (Å²) in [5.41, 5.74) is 2.94. The SMILES string of the molecule is Cc1ccc(C)c(NC(=O)CSc2nnc(NC(=O)C(C)C)s2)c1. The van der Waals surface area contributed by atoms with E-state index in [0.717, 1.165) is 16.8 Å². The molecule has 2 N–H and O–H groups in total. The van der Waals surface area contributed by atoms with E-state index in [1.807, 2.05) is 45.9 Å². The molecule has 0 aliphatic rings. The van der Waals surface area contributed by atoms with Crippen LogP contribution >= 0.6 is 23.1 Å². The lowest BCUT2D eigenvalue weighted by atomic mass is 10.1. The van der Waals surface area contributed by atoms with Gasteiger partial charge in [-0.25, -0.2) is 0 Å². The quantitative estimate of drug-likeness (QED) is 0.605. The zero-order valence-corrected chi connectivity index (χ0v) is 15.7. The topological polar surface area (TPSA) is 84.0 Å². The summed E-state index contributed by atoms with van der Waals surface area (Å²) in [6.45, 7) is 7.56. The Balaban J connectivity index is 1.87. The van der Waals surface area contributed by atoms with Gasteiger partial charge in [-0.3, -0.25) is 9.59 Å². The molecule has 1 aromatic heterocycles. The van der Waals surface area contributed by atoms with Gasteiger partial charge in [0.2, 0.25) is 16.9 Å². The zero-order valence-electron chi connectivity index (χ0n) is 14.0. The number of rotatable bonds is 6. The number of hydrogen-bond acceptors (Lipinski definition) is 6. The van der Waals surface area contributed by atoms with E-state index in [1.54, 1.807) is 0 Å². The number of benzene rings is 1. The van der Waals surface area contributed by atoms with Crippen LogP contribution in [-0.4, -0.2) is 27.8 Å². The van der Waals surface area contributed by atoms with E-state index in [9.17, 15) is 9.59 Å². The van der Waals surface area contributed by atoms with Gasteiger partial charge >= 0.3 is 0 Å². The molecule has 0 fully saturated rings. The molecule has 1 heterocycles. The van der Waals surface area contributed by atoms with Crippen LogP contribution in [-0.2, 0) is 9.59 Å². The van der Waals surface area contributed by atoms with Gasteiger partial charge in [0.25, 0.3) is 0 Å². The Bertz CT molecular complexity index is 743. The Morgan fingerprint density at radius 1 is 1.21 bits per heavy atom. The Morgan fingerprint density at radius 2 is 1.96 bits per heavy atom. The molecule has 2 aromatic rings. The van der Waals surface area contributed by atoms with Crippen molar-refractivity contribution in [3.05, 3.63) is 29.3 Å². The summed E-state index contributed by atoms with van der Waals surface area (Å²) in [7, 11) is 0. The number of amides is 2. The molecule has 0 radical (unpaired) electrons. The van der Waals surface area contributed by atoms with Gasteiger partial charge in [0.1, 0.15) is 0 Å². The van der Waals surface area contributed by atoms with Gasteiger partial charge in [0.15, 0.2) is 4.34 Å². The lowest BCUT2D eigenvalue weighted by molar-refractivity contribution is -0.119. The second kappa shape index (κ2) is 8.25. The van der Waals surface area contributed by atoms with Crippen LogP contribution in [0.1, 0.15) is 25.0 Å². The van der Waals surface area contributed by atoms with Crippen LogP contribution < -0.4 is 10.6 Å². The third-order valence-electron chi connectivity index (χ3n) is 3.15. The van der Waals surface area contributed by atoms with E-state index >= 15 is 0 Å².